The van der Waals surface area contributed by atoms with Gasteiger partial charge in [0, 0.05) is 19.0 Å². The Bertz CT molecular complexity index is 225. The van der Waals surface area contributed by atoms with E-state index in [0.29, 0.717) is 19.0 Å². The maximum atomic E-state index is 11.8. The fourth-order valence-electron chi connectivity index (χ4n) is 1.76. The van der Waals surface area contributed by atoms with Gasteiger partial charge in [-0.25, -0.2) is 0 Å². The van der Waals surface area contributed by atoms with Crippen LogP contribution >= 0.6 is 11.6 Å². The third-order valence-corrected chi connectivity index (χ3v) is 3.23. The molecule has 4 heteroatoms. The number of rotatable bonds is 5. The predicted molar refractivity (Wildman–Crippen MR) is 65.7 cm³/mol. The van der Waals surface area contributed by atoms with E-state index in [2.05, 4.69) is 19.2 Å². The summed E-state index contributed by atoms with van der Waals surface area (Å²) >= 11 is 5.72. The van der Waals surface area contributed by atoms with Crippen molar-refractivity contribution in [2.75, 3.05) is 25.6 Å². The molecule has 1 unspecified atom stereocenters. The number of hydrogen-bond acceptors (Lipinski definition) is 2. The minimum atomic E-state index is 0.0422. The predicted octanol–water partition coefficient (Wildman–Crippen LogP) is 2.18. The maximum Gasteiger partial charge on any atom is 0.225 e. The number of halogens is 1. The molecule has 1 rings (SSSR count). The summed E-state index contributed by atoms with van der Waals surface area (Å²) in [7, 11) is 0. The van der Waals surface area contributed by atoms with Crippen molar-refractivity contribution in [2.45, 2.75) is 33.1 Å². The summed E-state index contributed by atoms with van der Waals surface area (Å²) in [5.41, 5.74) is 0.0763. The van der Waals surface area contributed by atoms with Gasteiger partial charge in [0.15, 0.2) is 0 Å². The maximum absolute atomic E-state index is 11.8. The molecule has 1 heterocycles. The van der Waals surface area contributed by atoms with E-state index in [0.717, 1.165) is 25.9 Å². The van der Waals surface area contributed by atoms with E-state index in [1.807, 2.05) is 0 Å². The molecule has 0 aromatic rings. The van der Waals surface area contributed by atoms with Gasteiger partial charge in [0.05, 0.1) is 12.5 Å². The molecular weight excluding hydrogens is 226 g/mol. The topological polar surface area (TPSA) is 38.3 Å². The minimum Gasteiger partial charge on any atom is -0.381 e. The Hall–Kier alpha value is -0.280. The van der Waals surface area contributed by atoms with Gasteiger partial charge in [-0.3, -0.25) is 4.79 Å². The van der Waals surface area contributed by atoms with E-state index in [4.69, 9.17) is 16.3 Å². The Labute approximate surface area is 103 Å². The highest BCUT2D eigenvalue weighted by molar-refractivity contribution is 6.17. The van der Waals surface area contributed by atoms with E-state index in [1.54, 1.807) is 0 Å². The molecule has 0 saturated carbocycles. The molecule has 0 aromatic carbocycles. The van der Waals surface area contributed by atoms with Crippen molar-refractivity contribution in [3.05, 3.63) is 0 Å². The average Bonchev–Trinajstić information content (AvgIpc) is 2.27. The van der Waals surface area contributed by atoms with Gasteiger partial charge in [0.1, 0.15) is 0 Å². The molecule has 3 nitrogen and oxygen atoms in total. The van der Waals surface area contributed by atoms with Crippen LogP contribution in [-0.4, -0.2) is 31.5 Å². The Morgan fingerprint density at radius 1 is 1.56 bits per heavy atom. The first-order valence-corrected chi connectivity index (χ1v) is 6.50. The molecule has 1 N–H and O–H groups in total. The molecule has 16 heavy (non-hydrogen) atoms. The van der Waals surface area contributed by atoms with E-state index in [-0.39, 0.29) is 17.2 Å². The fourth-order valence-corrected chi connectivity index (χ4v) is 2.27. The standard InChI is InChI=1S/C12H22ClNO2/c1-12(2,5-6-13)9-14-11(15)10-4-3-7-16-8-10/h10H,3-9H2,1-2H3,(H,14,15). The lowest BCUT2D eigenvalue weighted by Crippen LogP contribution is -2.40. The first-order chi connectivity index (χ1) is 7.55. The summed E-state index contributed by atoms with van der Waals surface area (Å²) in [5.74, 6) is 0.804. The van der Waals surface area contributed by atoms with Crippen LogP contribution in [-0.2, 0) is 9.53 Å². The molecule has 1 saturated heterocycles. The summed E-state index contributed by atoms with van der Waals surface area (Å²) in [5, 5.41) is 3.00. The summed E-state index contributed by atoms with van der Waals surface area (Å²) in [6.45, 7) is 6.29. The second kappa shape index (κ2) is 6.45. The van der Waals surface area contributed by atoms with Crippen LogP contribution in [0.3, 0.4) is 0 Å². The Balaban J connectivity index is 2.28. The van der Waals surface area contributed by atoms with Crippen LogP contribution in [0.25, 0.3) is 0 Å². The quantitative estimate of drug-likeness (QED) is 0.757. The van der Waals surface area contributed by atoms with Gasteiger partial charge in [0.2, 0.25) is 5.91 Å². The lowest BCUT2D eigenvalue weighted by Gasteiger charge is -2.26. The first-order valence-electron chi connectivity index (χ1n) is 5.96. The first kappa shape index (κ1) is 13.8. The summed E-state index contributed by atoms with van der Waals surface area (Å²) in [4.78, 5) is 11.8. The Morgan fingerprint density at radius 2 is 2.31 bits per heavy atom. The van der Waals surface area contributed by atoms with Gasteiger partial charge in [-0.15, -0.1) is 11.6 Å². The van der Waals surface area contributed by atoms with Gasteiger partial charge in [-0.05, 0) is 24.7 Å². The van der Waals surface area contributed by atoms with E-state index in [9.17, 15) is 4.79 Å². The zero-order valence-electron chi connectivity index (χ0n) is 10.2. The molecule has 0 aliphatic carbocycles. The zero-order chi connectivity index (χ0) is 12.0. The van der Waals surface area contributed by atoms with E-state index >= 15 is 0 Å². The highest BCUT2D eigenvalue weighted by Crippen LogP contribution is 2.20. The van der Waals surface area contributed by atoms with Crippen LogP contribution in [0.1, 0.15) is 33.1 Å². The minimum absolute atomic E-state index is 0.0422. The van der Waals surface area contributed by atoms with Crippen molar-refractivity contribution in [3.8, 4) is 0 Å². The van der Waals surface area contributed by atoms with Gasteiger partial charge in [-0.1, -0.05) is 13.8 Å². The smallest absolute Gasteiger partial charge is 0.225 e. The van der Waals surface area contributed by atoms with Crippen molar-refractivity contribution < 1.29 is 9.53 Å². The number of carbonyl (C=O) groups is 1. The normalized spacial score (nSPS) is 21.8. The monoisotopic (exact) mass is 247 g/mol. The number of ether oxygens (including phenoxy) is 1. The molecule has 0 bridgehead atoms. The second-order valence-corrected chi connectivity index (χ2v) is 5.61. The molecular formula is C12H22ClNO2. The highest BCUT2D eigenvalue weighted by atomic mass is 35.5. The molecule has 1 aliphatic rings. The molecule has 1 aliphatic heterocycles. The summed E-state index contributed by atoms with van der Waals surface area (Å²) in [6, 6.07) is 0. The summed E-state index contributed by atoms with van der Waals surface area (Å²) in [6.07, 6.45) is 2.85. The van der Waals surface area contributed by atoms with E-state index < -0.39 is 0 Å². The van der Waals surface area contributed by atoms with Crippen molar-refractivity contribution >= 4 is 17.5 Å². The Morgan fingerprint density at radius 3 is 2.88 bits per heavy atom. The number of amides is 1. The number of carbonyl (C=O) groups excluding carboxylic acids is 1. The molecule has 0 radical (unpaired) electrons. The van der Waals surface area contributed by atoms with Crippen LogP contribution in [0.2, 0.25) is 0 Å². The average molecular weight is 248 g/mol. The molecule has 1 fully saturated rings. The van der Waals surface area contributed by atoms with Crippen LogP contribution in [0.4, 0.5) is 0 Å². The van der Waals surface area contributed by atoms with Crippen LogP contribution < -0.4 is 5.32 Å². The zero-order valence-corrected chi connectivity index (χ0v) is 11.0. The molecule has 1 amide bonds. The van der Waals surface area contributed by atoms with Crippen LogP contribution in [0.5, 0.6) is 0 Å². The largest absolute Gasteiger partial charge is 0.381 e. The highest BCUT2D eigenvalue weighted by Gasteiger charge is 2.24. The molecule has 1 atom stereocenters. The molecule has 0 spiro atoms. The fraction of sp³-hybridized carbons (Fsp3) is 0.917. The third-order valence-electron chi connectivity index (χ3n) is 3.04. The summed E-state index contributed by atoms with van der Waals surface area (Å²) < 4.78 is 5.30. The SMILES string of the molecule is CC(C)(CCCl)CNC(=O)C1CCCOC1. The lowest BCUT2D eigenvalue weighted by molar-refractivity contribution is -0.129. The number of nitrogens with one attached hydrogen (secondary N) is 1. The van der Waals surface area contributed by atoms with Gasteiger partial charge in [0.25, 0.3) is 0 Å². The van der Waals surface area contributed by atoms with Crippen molar-refractivity contribution in [1.29, 1.82) is 0 Å². The van der Waals surface area contributed by atoms with Gasteiger partial charge >= 0.3 is 0 Å². The second-order valence-electron chi connectivity index (χ2n) is 5.24. The van der Waals surface area contributed by atoms with Crippen LogP contribution in [0, 0.1) is 11.3 Å². The lowest BCUT2D eigenvalue weighted by atomic mass is 9.90. The van der Waals surface area contributed by atoms with Crippen molar-refractivity contribution in [3.63, 3.8) is 0 Å². The number of hydrogen-bond donors (Lipinski definition) is 1. The third kappa shape index (κ3) is 4.71. The Kier molecular flexibility index (Phi) is 5.56. The van der Waals surface area contributed by atoms with Crippen molar-refractivity contribution in [1.82, 2.24) is 5.32 Å². The van der Waals surface area contributed by atoms with Crippen molar-refractivity contribution in [2.24, 2.45) is 11.3 Å². The van der Waals surface area contributed by atoms with Gasteiger partial charge < -0.3 is 10.1 Å². The number of alkyl halides is 1. The van der Waals surface area contributed by atoms with E-state index in [1.165, 1.54) is 0 Å². The molecule has 0 aromatic heterocycles. The molecule has 94 valence electrons. The van der Waals surface area contributed by atoms with Gasteiger partial charge in [-0.2, -0.15) is 0 Å². The van der Waals surface area contributed by atoms with Crippen LogP contribution in [0.15, 0.2) is 0 Å².